The molecule has 0 saturated heterocycles. The molecule has 0 spiro atoms. The highest BCUT2D eigenvalue weighted by Crippen LogP contribution is 2.22. The highest BCUT2D eigenvalue weighted by atomic mass is 35.5. The number of nitrogens with one attached hydrogen (secondary N) is 1. The summed E-state index contributed by atoms with van der Waals surface area (Å²) in [5.74, 6) is -1.16. The predicted octanol–water partition coefficient (Wildman–Crippen LogP) is 3.41. The van der Waals surface area contributed by atoms with Gasteiger partial charge in [-0.1, -0.05) is 29.8 Å². The van der Waals surface area contributed by atoms with Gasteiger partial charge in [0.25, 0.3) is 0 Å². The van der Waals surface area contributed by atoms with Gasteiger partial charge < -0.3 is 15.2 Å². The number of fused-ring (bicyclic) bond motifs is 1. The summed E-state index contributed by atoms with van der Waals surface area (Å²) in [4.78, 5) is 27.6. The van der Waals surface area contributed by atoms with Crippen molar-refractivity contribution in [3.8, 4) is 0 Å². The standard InChI is InChI=1S/C17H19ClN2O4/c1-17(2,3)24-16(23)20-13(15(21)22)9-11-8-7-10-5-4-6-12(18)14(10)19-11/h4-8,13H,9H2,1-3H3,(H,20,23)(H,21,22). The molecule has 2 aromatic rings. The minimum Gasteiger partial charge on any atom is -0.480 e. The molecule has 1 amide bonds. The maximum atomic E-state index is 11.8. The van der Waals surface area contributed by atoms with Crippen LogP contribution >= 0.6 is 11.6 Å². The van der Waals surface area contributed by atoms with E-state index in [-0.39, 0.29) is 6.42 Å². The number of aromatic nitrogens is 1. The van der Waals surface area contributed by atoms with Gasteiger partial charge in [-0.15, -0.1) is 0 Å². The number of carbonyl (C=O) groups is 2. The number of benzene rings is 1. The molecular weight excluding hydrogens is 332 g/mol. The second-order valence-corrected chi connectivity index (χ2v) is 6.76. The fourth-order valence-corrected chi connectivity index (χ4v) is 2.35. The van der Waals surface area contributed by atoms with Crippen LogP contribution in [0.25, 0.3) is 10.9 Å². The molecule has 0 saturated carbocycles. The van der Waals surface area contributed by atoms with Crippen LogP contribution in [0.4, 0.5) is 4.79 Å². The number of ether oxygens (including phenoxy) is 1. The van der Waals surface area contributed by atoms with Gasteiger partial charge in [-0.3, -0.25) is 4.98 Å². The van der Waals surface area contributed by atoms with E-state index in [4.69, 9.17) is 16.3 Å². The summed E-state index contributed by atoms with van der Waals surface area (Å²) in [5.41, 5.74) is 0.402. The Hall–Kier alpha value is -2.34. The largest absolute Gasteiger partial charge is 0.480 e. The van der Waals surface area contributed by atoms with Crippen molar-refractivity contribution in [2.75, 3.05) is 0 Å². The fraction of sp³-hybridized carbons (Fsp3) is 0.353. The van der Waals surface area contributed by atoms with E-state index in [1.54, 1.807) is 32.9 Å². The van der Waals surface area contributed by atoms with Crippen LogP contribution in [0.15, 0.2) is 30.3 Å². The summed E-state index contributed by atoms with van der Waals surface area (Å²) in [7, 11) is 0. The average Bonchev–Trinajstić information content (AvgIpc) is 2.45. The van der Waals surface area contributed by atoms with Gasteiger partial charge in [0, 0.05) is 17.5 Å². The highest BCUT2D eigenvalue weighted by Gasteiger charge is 2.24. The van der Waals surface area contributed by atoms with E-state index in [0.717, 1.165) is 5.39 Å². The average molecular weight is 351 g/mol. The molecule has 1 aromatic heterocycles. The van der Waals surface area contributed by atoms with Crippen molar-refractivity contribution in [2.24, 2.45) is 0 Å². The van der Waals surface area contributed by atoms with Crippen molar-refractivity contribution in [1.29, 1.82) is 0 Å². The smallest absolute Gasteiger partial charge is 0.408 e. The van der Waals surface area contributed by atoms with Crippen molar-refractivity contribution in [3.05, 3.63) is 41.0 Å². The SMILES string of the molecule is CC(C)(C)OC(=O)NC(Cc1ccc2cccc(Cl)c2n1)C(=O)O. The highest BCUT2D eigenvalue weighted by molar-refractivity contribution is 6.35. The molecule has 0 aliphatic carbocycles. The molecule has 1 heterocycles. The molecule has 0 radical (unpaired) electrons. The first-order valence-corrected chi connectivity index (χ1v) is 7.80. The van der Waals surface area contributed by atoms with Gasteiger partial charge in [-0.05, 0) is 32.9 Å². The molecule has 6 nitrogen and oxygen atoms in total. The van der Waals surface area contributed by atoms with Crippen LogP contribution in [-0.2, 0) is 16.0 Å². The molecule has 2 rings (SSSR count). The monoisotopic (exact) mass is 350 g/mol. The van der Waals surface area contributed by atoms with Gasteiger partial charge in [-0.25, -0.2) is 9.59 Å². The fourth-order valence-electron chi connectivity index (χ4n) is 2.12. The Bertz CT molecular complexity index is 771. The molecule has 0 fully saturated rings. The lowest BCUT2D eigenvalue weighted by Gasteiger charge is -2.22. The normalized spacial score (nSPS) is 12.7. The Morgan fingerprint density at radius 3 is 2.62 bits per heavy atom. The van der Waals surface area contributed by atoms with Gasteiger partial charge in [0.1, 0.15) is 11.6 Å². The molecule has 1 unspecified atom stereocenters. The van der Waals surface area contributed by atoms with Gasteiger partial charge in [-0.2, -0.15) is 0 Å². The zero-order valence-corrected chi connectivity index (χ0v) is 14.4. The molecule has 0 bridgehead atoms. The lowest BCUT2D eigenvalue weighted by atomic mass is 10.1. The number of para-hydroxylation sites is 1. The number of pyridine rings is 1. The number of nitrogens with zero attached hydrogens (tertiary/aromatic N) is 1. The first-order valence-electron chi connectivity index (χ1n) is 7.42. The van der Waals surface area contributed by atoms with Gasteiger partial charge in [0.15, 0.2) is 0 Å². The number of alkyl carbamates (subject to hydrolysis) is 1. The summed E-state index contributed by atoms with van der Waals surface area (Å²) in [6.45, 7) is 5.11. The van der Waals surface area contributed by atoms with E-state index in [0.29, 0.717) is 16.2 Å². The van der Waals surface area contributed by atoms with Gasteiger partial charge in [0.2, 0.25) is 0 Å². The summed E-state index contributed by atoms with van der Waals surface area (Å²) < 4.78 is 5.09. The molecule has 7 heteroatoms. The van der Waals surface area contributed by atoms with E-state index >= 15 is 0 Å². The van der Waals surface area contributed by atoms with E-state index in [1.807, 2.05) is 18.2 Å². The van der Waals surface area contributed by atoms with E-state index < -0.39 is 23.7 Å². The number of carbonyl (C=O) groups excluding carboxylic acids is 1. The lowest BCUT2D eigenvalue weighted by Crippen LogP contribution is -2.44. The van der Waals surface area contributed by atoms with Crippen LogP contribution in [-0.4, -0.2) is 33.8 Å². The number of amides is 1. The molecule has 0 aliphatic heterocycles. The van der Waals surface area contributed by atoms with E-state index in [2.05, 4.69) is 10.3 Å². The van der Waals surface area contributed by atoms with Crippen molar-refractivity contribution >= 4 is 34.6 Å². The van der Waals surface area contributed by atoms with Crippen LogP contribution in [0.2, 0.25) is 5.02 Å². The molecule has 2 N–H and O–H groups in total. The summed E-state index contributed by atoms with van der Waals surface area (Å²) in [6.07, 6.45) is -0.760. The zero-order valence-electron chi connectivity index (χ0n) is 13.7. The molecule has 1 aromatic carbocycles. The number of aliphatic carboxylic acids is 1. The summed E-state index contributed by atoms with van der Waals surface area (Å²) in [6, 6.07) is 7.78. The molecule has 24 heavy (non-hydrogen) atoms. The molecular formula is C17H19ClN2O4. The van der Waals surface area contributed by atoms with Crippen molar-refractivity contribution in [1.82, 2.24) is 10.3 Å². The number of halogens is 1. The molecule has 1 atom stereocenters. The number of hydrogen-bond acceptors (Lipinski definition) is 4. The number of carboxylic acids is 1. The number of hydrogen-bond donors (Lipinski definition) is 2. The Labute approximate surface area is 144 Å². The summed E-state index contributed by atoms with van der Waals surface area (Å²) in [5, 5.41) is 13.0. The molecule has 0 aliphatic rings. The third-order valence-electron chi connectivity index (χ3n) is 3.13. The zero-order chi connectivity index (χ0) is 17.9. The third-order valence-corrected chi connectivity index (χ3v) is 3.44. The third kappa shape index (κ3) is 4.83. The number of carboxylic acid groups (broad SMARTS) is 1. The van der Waals surface area contributed by atoms with E-state index in [1.165, 1.54) is 0 Å². The predicted molar refractivity (Wildman–Crippen MR) is 91.3 cm³/mol. The topological polar surface area (TPSA) is 88.5 Å². The van der Waals surface area contributed by atoms with Crippen molar-refractivity contribution in [2.45, 2.75) is 38.8 Å². The van der Waals surface area contributed by atoms with Crippen molar-refractivity contribution < 1.29 is 19.4 Å². The molecule has 128 valence electrons. The minimum absolute atomic E-state index is 0.0236. The van der Waals surface area contributed by atoms with Gasteiger partial charge >= 0.3 is 12.1 Å². The van der Waals surface area contributed by atoms with Crippen LogP contribution in [0.3, 0.4) is 0 Å². The second-order valence-electron chi connectivity index (χ2n) is 6.36. The van der Waals surface area contributed by atoms with Crippen LogP contribution in [0, 0.1) is 0 Å². The Kier molecular flexibility index (Phi) is 5.29. The van der Waals surface area contributed by atoms with Crippen LogP contribution < -0.4 is 5.32 Å². The van der Waals surface area contributed by atoms with E-state index in [9.17, 15) is 14.7 Å². The quantitative estimate of drug-likeness (QED) is 0.882. The van der Waals surface area contributed by atoms with Crippen LogP contribution in [0.5, 0.6) is 0 Å². The number of rotatable bonds is 4. The van der Waals surface area contributed by atoms with Crippen LogP contribution in [0.1, 0.15) is 26.5 Å². The first kappa shape index (κ1) is 18.0. The summed E-state index contributed by atoms with van der Waals surface area (Å²) >= 11 is 6.12. The minimum atomic E-state index is -1.16. The Morgan fingerprint density at radius 2 is 2.00 bits per heavy atom. The first-order chi connectivity index (χ1) is 11.2. The second kappa shape index (κ2) is 7.05. The Morgan fingerprint density at radius 1 is 1.29 bits per heavy atom. The maximum absolute atomic E-state index is 11.8. The van der Waals surface area contributed by atoms with Crippen molar-refractivity contribution in [3.63, 3.8) is 0 Å². The maximum Gasteiger partial charge on any atom is 0.408 e. The van der Waals surface area contributed by atoms with Gasteiger partial charge in [0.05, 0.1) is 10.5 Å². The lowest BCUT2D eigenvalue weighted by molar-refractivity contribution is -0.139. The Balaban J connectivity index is 2.17.